The summed E-state index contributed by atoms with van der Waals surface area (Å²) < 4.78 is 73.6. The van der Waals surface area contributed by atoms with E-state index in [-0.39, 0.29) is 23.4 Å². The van der Waals surface area contributed by atoms with E-state index < -0.39 is 52.1 Å². The van der Waals surface area contributed by atoms with Crippen LogP contribution in [0.2, 0.25) is 0 Å². The van der Waals surface area contributed by atoms with E-state index >= 15 is 4.39 Å². The van der Waals surface area contributed by atoms with Crippen molar-refractivity contribution in [3.8, 4) is 11.1 Å². The number of hydrogen-bond donors (Lipinski definition) is 2. The number of hydrogen-bond acceptors (Lipinski definition) is 4. The molecule has 2 N–H and O–H groups in total. The van der Waals surface area contributed by atoms with Gasteiger partial charge >= 0.3 is 6.18 Å². The van der Waals surface area contributed by atoms with E-state index in [0.717, 1.165) is 12.3 Å². The molecule has 0 aliphatic rings. The van der Waals surface area contributed by atoms with Gasteiger partial charge in [0, 0.05) is 36.8 Å². The molecule has 7 nitrogen and oxygen atoms in total. The molecule has 0 aliphatic heterocycles. The monoisotopic (exact) mass is 530 g/mol. The lowest BCUT2D eigenvalue weighted by Gasteiger charge is -2.18. The number of nitrogens with zero attached hydrogens (tertiary/aromatic N) is 4. The maximum absolute atomic E-state index is 15.8. The topological polar surface area (TPSA) is 88.6 Å². The van der Waals surface area contributed by atoms with Crippen LogP contribution < -0.4 is 10.9 Å². The number of rotatable bonds is 6. The second-order valence-corrected chi connectivity index (χ2v) is 8.76. The summed E-state index contributed by atoms with van der Waals surface area (Å²) in [6.45, 7) is 3.01. The summed E-state index contributed by atoms with van der Waals surface area (Å²) in [6.07, 6.45) is -0.721. The van der Waals surface area contributed by atoms with E-state index in [0.29, 0.717) is 5.69 Å². The molecule has 1 atom stereocenters. The highest BCUT2D eigenvalue weighted by atomic mass is 19.4. The van der Waals surface area contributed by atoms with Gasteiger partial charge in [0.15, 0.2) is 5.69 Å². The third-order valence-electron chi connectivity index (χ3n) is 6.01. The first-order valence-corrected chi connectivity index (χ1v) is 11.4. The summed E-state index contributed by atoms with van der Waals surface area (Å²) in [5.74, 6) is -2.59. The van der Waals surface area contributed by atoms with Crippen molar-refractivity contribution in [1.29, 1.82) is 5.41 Å². The zero-order chi connectivity index (χ0) is 27.8. The van der Waals surface area contributed by atoms with Crippen LogP contribution >= 0.6 is 0 Å². The van der Waals surface area contributed by atoms with Crippen LogP contribution in [0.4, 0.5) is 22.0 Å². The van der Waals surface area contributed by atoms with Crippen LogP contribution in [0.1, 0.15) is 46.0 Å². The second-order valence-electron chi connectivity index (χ2n) is 8.76. The lowest BCUT2D eigenvalue weighted by molar-refractivity contribution is -0.140. The Morgan fingerprint density at radius 1 is 1.13 bits per heavy atom. The molecule has 4 rings (SSSR count). The average Bonchev–Trinajstić information content (AvgIpc) is 3.18. The SMILES string of the molecule is Cc1nc([C@H](C)NC(=O)c2cc(Cn3ccn(C)c3=N)cc(-c3cccnc3C(F)(F)F)c2F)ccc1F. The van der Waals surface area contributed by atoms with Crippen LogP contribution in [0, 0.1) is 24.0 Å². The molecule has 0 saturated heterocycles. The molecule has 0 spiro atoms. The Kier molecular flexibility index (Phi) is 7.16. The molecule has 3 heterocycles. The van der Waals surface area contributed by atoms with Crippen LogP contribution in [-0.4, -0.2) is 25.0 Å². The van der Waals surface area contributed by atoms with Gasteiger partial charge in [-0.1, -0.05) is 6.07 Å². The summed E-state index contributed by atoms with van der Waals surface area (Å²) in [4.78, 5) is 20.7. The molecule has 3 aromatic heterocycles. The molecular formula is C26H23F5N6O. The maximum atomic E-state index is 15.8. The Morgan fingerprint density at radius 3 is 2.50 bits per heavy atom. The van der Waals surface area contributed by atoms with Crippen LogP contribution in [0.25, 0.3) is 11.1 Å². The minimum Gasteiger partial charge on any atom is -0.344 e. The molecule has 12 heteroatoms. The highest BCUT2D eigenvalue weighted by molar-refractivity contribution is 5.96. The number of pyridine rings is 2. The third kappa shape index (κ3) is 5.34. The van der Waals surface area contributed by atoms with Gasteiger partial charge in [-0.15, -0.1) is 0 Å². The number of carbonyl (C=O) groups excluding carboxylic acids is 1. The van der Waals surface area contributed by atoms with Gasteiger partial charge in [0.05, 0.1) is 29.5 Å². The molecule has 0 bridgehead atoms. The predicted molar refractivity (Wildman–Crippen MR) is 128 cm³/mol. The highest BCUT2D eigenvalue weighted by Crippen LogP contribution is 2.37. The Hall–Kier alpha value is -4.35. The molecule has 1 aromatic carbocycles. The summed E-state index contributed by atoms with van der Waals surface area (Å²) in [7, 11) is 1.64. The first-order valence-electron chi connectivity index (χ1n) is 11.4. The summed E-state index contributed by atoms with van der Waals surface area (Å²) in [5, 5.41) is 10.7. The lowest BCUT2D eigenvalue weighted by Crippen LogP contribution is -2.29. The van der Waals surface area contributed by atoms with Crippen LogP contribution in [0.15, 0.2) is 55.0 Å². The number of benzene rings is 1. The lowest BCUT2D eigenvalue weighted by atomic mass is 9.96. The van der Waals surface area contributed by atoms with Crippen molar-refractivity contribution in [2.24, 2.45) is 7.05 Å². The molecule has 1 amide bonds. The smallest absolute Gasteiger partial charge is 0.344 e. The van der Waals surface area contributed by atoms with Crippen molar-refractivity contribution < 1.29 is 26.7 Å². The van der Waals surface area contributed by atoms with E-state index in [1.165, 1.54) is 46.4 Å². The number of alkyl halides is 3. The standard InChI is InChI=1S/C26H23F5N6O/c1-14-20(27)6-7-21(34-14)15(2)35-24(38)19-12-16(13-37-10-9-36(3)25(37)32)11-18(22(19)28)17-5-4-8-33-23(17)26(29,30)31/h4-12,15,32H,13H2,1-3H3,(H,35,38)/t15-/m0/s1. The van der Waals surface area contributed by atoms with E-state index in [9.17, 15) is 22.4 Å². The first-order chi connectivity index (χ1) is 17.9. The molecule has 0 aliphatic carbocycles. The number of aromatic nitrogens is 4. The highest BCUT2D eigenvalue weighted by Gasteiger charge is 2.36. The van der Waals surface area contributed by atoms with Gasteiger partial charge in [-0.3, -0.25) is 20.2 Å². The van der Waals surface area contributed by atoms with Gasteiger partial charge < -0.3 is 14.5 Å². The molecule has 0 unspecified atom stereocenters. The molecule has 0 saturated carbocycles. The Morgan fingerprint density at radius 2 is 1.87 bits per heavy atom. The minimum absolute atomic E-state index is 0.0108. The largest absolute Gasteiger partial charge is 0.433 e. The van der Waals surface area contributed by atoms with Crippen molar-refractivity contribution in [2.45, 2.75) is 32.6 Å². The van der Waals surface area contributed by atoms with E-state index in [4.69, 9.17) is 5.41 Å². The van der Waals surface area contributed by atoms with Gasteiger partial charge in [0.25, 0.3) is 5.91 Å². The van der Waals surface area contributed by atoms with Crippen molar-refractivity contribution in [3.05, 3.63) is 100 Å². The third-order valence-corrected chi connectivity index (χ3v) is 6.01. The van der Waals surface area contributed by atoms with Crippen molar-refractivity contribution in [2.75, 3.05) is 0 Å². The number of halogens is 5. The molecule has 0 fully saturated rings. The number of carbonyl (C=O) groups is 1. The fraction of sp³-hybridized carbons (Fsp3) is 0.231. The Labute approximate surface area is 214 Å². The fourth-order valence-corrected chi connectivity index (χ4v) is 3.99. The molecule has 198 valence electrons. The van der Waals surface area contributed by atoms with E-state index in [2.05, 4.69) is 15.3 Å². The fourth-order valence-electron chi connectivity index (χ4n) is 3.99. The van der Waals surface area contributed by atoms with Gasteiger partial charge in [-0.25, -0.2) is 8.78 Å². The van der Waals surface area contributed by atoms with Gasteiger partial charge in [-0.05, 0) is 49.7 Å². The summed E-state index contributed by atoms with van der Waals surface area (Å²) >= 11 is 0. The van der Waals surface area contributed by atoms with E-state index in [1.807, 2.05) is 0 Å². The zero-order valence-corrected chi connectivity index (χ0v) is 20.6. The zero-order valence-electron chi connectivity index (χ0n) is 20.6. The number of imidazole rings is 1. The first kappa shape index (κ1) is 26.7. The summed E-state index contributed by atoms with van der Waals surface area (Å²) in [6, 6.07) is 6.57. The number of nitrogens with one attached hydrogen (secondary N) is 2. The normalized spacial score (nSPS) is 12.4. The van der Waals surface area contributed by atoms with Gasteiger partial charge in [-0.2, -0.15) is 13.2 Å². The van der Waals surface area contributed by atoms with Crippen molar-refractivity contribution in [3.63, 3.8) is 0 Å². The quantitative estimate of drug-likeness (QED) is 0.348. The van der Waals surface area contributed by atoms with Crippen LogP contribution in [-0.2, 0) is 19.8 Å². The van der Waals surface area contributed by atoms with Crippen molar-refractivity contribution >= 4 is 5.91 Å². The molecule has 0 radical (unpaired) electrons. The maximum Gasteiger partial charge on any atom is 0.433 e. The van der Waals surface area contributed by atoms with Crippen LogP contribution in [0.3, 0.4) is 0 Å². The van der Waals surface area contributed by atoms with E-state index in [1.54, 1.807) is 26.4 Å². The molecule has 4 aromatic rings. The predicted octanol–water partition coefficient (Wildman–Crippen LogP) is 4.91. The van der Waals surface area contributed by atoms with Gasteiger partial charge in [0.2, 0.25) is 5.62 Å². The van der Waals surface area contributed by atoms with Crippen molar-refractivity contribution in [1.82, 2.24) is 24.4 Å². The average molecular weight is 531 g/mol. The number of aryl methyl sites for hydroxylation is 2. The summed E-state index contributed by atoms with van der Waals surface area (Å²) in [5.41, 5.74) is -1.97. The molecule has 38 heavy (non-hydrogen) atoms. The number of amides is 1. The second kappa shape index (κ2) is 10.2. The Balaban J connectivity index is 1.81. The van der Waals surface area contributed by atoms with Crippen LogP contribution in [0.5, 0.6) is 0 Å². The molecular weight excluding hydrogens is 507 g/mol. The minimum atomic E-state index is -4.87. The Bertz CT molecular complexity index is 1570. The van der Waals surface area contributed by atoms with Gasteiger partial charge in [0.1, 0.15) is 11.6 Å².